The Morgan fingerprint density at radius 1 is 0.975 bits per heavy atom. The van der Waals surface area contributed by atoms with Crippen LogP contribution < -0.4 is 4.90 Å². The largest absolute Gasteiger partial charge is 0.394 e. The van der Waals surface area contributed by atoms with E-state index in [0.29, 0.717) is 19.5 Å². The van der Waals surface area contributed by atoms with Gasteiger partial charge >= 0.3 is 0 Å². The highest BCUT2D eigenvalue weighted by molar-refractivity contribution is 6.04. The topological polar surface area (TPSA) is 90.4 Å². The molecule has 1 aromatic carbocycles. The van der Waals surface area contributed by atoms with Gasteiger partial charge in [-0.05, 0) is 37.3 Å². The van der Waals surface area contributed by atoms with E-state index >= 15 is 0 Å². The molecule has 3 amide bonds. The van der Waals surface area contributed by atoms with Crippen molar-refractivity contribution in [2.75, 3.05) is 24.6 Å². The maximum absolute atomic E-state index is 14.6. The first-order valence-electron chi connectivity index (χ1n) is 15.0. The first-order chi connectivity index (χ1) is 19.4. The lowest BCUT2D eigenvalue weighted by molar-refractivity contribution is -0.152. The van der Waals surface area contributed by atoms with E-state index in [2.05, 4.69) is 0 Å². The van der Waals surface area contributed by atoms with Gasteiger partial charge in [0.05, 0.1) is 30.6 Å². The number of benzene rings is 1. The van der Waals surface area contributed by atoms with Crippen LogP contribution in [0.15, 0.2) is 54.6 Å². The van der Waals surface area contributed by atoms with Gasteiger partial charge in [-0.15, -0.1) is 0 Å². The molecule has 4 aliphatic heterocycles. The third-order valence-electron chi connectivity index (χ3n) is 9.56. The average molecular weight is 548 g/mol. The second kappa shape index (κ2) is 10.8. The molecule has 1 spiro atoms. The Hall–Kier alpha value is -2.97. The number of nitrogens with zero attached hydrogens (tertiary/aromatic N) is 3. The number of aliphatic hydroxyl groups excluding tert-OH is 1. The lowest BCUT2D eigenvalue weighted by Crippen LogP contribution is -2.59. The number of anilines is 1. The molecule has 6 atom stereocenters. The number of hydrogen-bond donors (Lipinski definition) is 1. The van der Waals surface area contributed by atoms with Crippen LogP contribution in [-0.4, -0.2) is 82.2 Å². The zero-order chi connectivity index (χ0) is 28.0. The van der Waals surface area contributed by atoms with Gasteiger partial charge in [-0.1, -0.05) is 75.6 Å². The minimum Gasteiger partial charge on any atom is -0.394 e. The normalized spacial score (nSPS) is 33.2. The molecule has 4 heterocycles. The Bertz CT molecular complexity index is 1190. The van der Waals surface area contributed by atoms with E-state index in [9.17, 15) is 19.5 Å². The van der Waals surface area contributed by atoms with E-state index in [1.54, 1.807) is 9.80 Å². The van der Waals surface area contributed by atoms with E-state index in [1.807, 2.05) is 73.4 Å². The van der Waals surface area contributed by atoms with Crippen LogP contribution in [-0.2, 0) is 19.1 Å². The number of carbonyl (C=O) groups is 3. The molecule has 8 nitrogen and oxygen atoms in total. The van der Waals surface area contributed by atoms with Crippen molar-refractivity contribution >= 4 is 23.4 Å². The summed E-state index contributed by atoms with van der Waals surface area (Å²) in [5.41, 5.74) is -0.501. The average Bonchev–Trinajstić information content (AvgIpc) is 3.28. The maximum Gasteiger partial charge on any atom is 0.249 e. The predicted octanol–water partition coefficient (Wildman–Crippen LogP) is 3.31. The third-order valence-corrected chi connectivity index (χ3v) is 9.56. The molecule has 40 heavy (non-hydrogen) atoms. The highest BCUT2D eigenvalue weighted by atomic mass is 16.5. The van der Waals surface area contributed by atoms with Crippen LogP contribution in [0, 0.1) is 17.8 Å². The summed E-state index contributed by atoms with van der Waals surface area (Å²) in [6.45, 7) is 4.70. The third kappa shape index (κ3) is 4.31. The van der Waals surface area contributed by atoms with Crippen molar-refractivity contribution in [3.63, 3.8) is 0 Å². The van der Waals surface area contributed by atoms with Crippen molar-refractivity contribution in [1.82, 2.24) is 9.80 Å². The molecule has 1 unspecified atom stereocenters. The lowest BCUT2D eigenvalue weighted by atomic mass is 9.77. The van der Waals surface area contributed by atoms with Crippen molar-refractivity contribution < 1.29 is 24.2 Å². The molecule has 1 aromatic rings. The van der Waals surface area contributed by atoms with Crippen LogP contribution in [0.25, 0.3) is 0 Å². The standard InChI is InChI=1S/C32H41N3O5/c1-21(2)19-24(20-36)35-28-31(39)34(23-13-7-4-8-14-23)18-10-16-32(28)27(30(35)38)26-25(40-32)15-9-17-33(29(26)37)22-11-5-3-6-12-22/h3,5-6,9-12,15-16,21,23-28,36H,4,7-8,13-14,17-20H2,1-2H3/t24-,25-,26+,27+,28?,32+/m1/s1. The van der Waals surface area contributed by atoms with E-state index in [1.165, 1.54) is 6.42 Å². The van der Waals surface area contributed by atoms with Crippen LogP contribution >= 0.6 is 0 Å². The molecule has 8 heteroatoms. The Morgan fingerprint density at radius 3 is 2.42 bits per heavy atom. The van der Waals surface area contributed by atoms with E-state index in [4.69, 9.17) is 4.74 Å². The second-order valence-electron chi connectivity index (χ2n) is 12.5. The molecular formula is C32H41N3O5. The number of likely N-dealkylation sites (tertiary alicyclic amines) is 1. The van der Waals surface area contributed by atoms with Crippen LogP contribution in [0.5, 0.6) is 0 Å². The molecular weight excluding hydrogens is 506 g/mol. The Kier molecular flexibility index (Phi) is 7.34. The fourth-order valence-electron chi connectivity index (χ4n) is 7.87. The molecule has 0 radical (unpaired) electrons. The summed E-state index contributed by atoms with van der Waals surface area (Å²) in [6, 6.07) is 8.15. The number of para-hydroxylation sites is 1. The van der Waals surface area contributed by atoms with Crippen molar-refractivity contribution in [2.24, 2.45) is 17.8 Å². The zero-order valence-electron chi connectivity index (χ0n) is 23.5. The molecule has 0 aromatic heterocycles. The molecule has 2 saturated heterocycles. The number of ether oxygens (including phenoxy) is 1. The summed E-state index contributed by atoms with van der Waals surface area (Å²) in [5.74, 6) is -1.97. The molecule has 6 rings (SSSR count). The first-order valence-corrected chi connectivity index (χ1v) is 15.0. The lowest BCUT2D eigenvalue weighted by Gasteiger charge is -2.41. The highest BCUT2D eigenvalue weighted by Crippen LogP contribution is 2.54. The van der Waals surface area contributed by atoms with Gasteiger partial charge in [-0.25, -0.2) is 0 Å². The summed E-state index contributed by atoms with van der Waals surface area (Å²) in [7, 11) is 0. The maximum atomic E-state index is 14.6. The molecule has 1 saturated carbocycles. The first kappa shape index (κ1) is 27.2. The quantitative estimate of drug-likeness (QED) is 0.552. The van der Waals surface area contributed by atoms with E-state index in [-0.39, 0.29) is 36.3 Å². The molecule has 214 valence electrons. The second-order valence-corrected chi connectivity index (χ2v) is 12.5. The van der Waals surface area contributed by atoms with Crippen LogP contribution in [0.3, 0.4) is 0 Å². The Labute approximate surface area is 236 Å². The summed E-state index contributed by atoms with van der Waals surface area (Å²) >= 11 is 0. The minimum atomic E-state index is -1.27. The summed E-state index contributed by atoms with van der Waals surface area (Å²) < 4.78 is 6.79. The van der Waals surface area contributed by atoms with E-state index in [0.717, 1.165) is 31.4 Å². The SMILES string of the molecule is CC(C)C[C@H](CO)N1C(=O)[C@@H]2[C@H]3C(=O)N(c4ccccc4)CC=C[C@H]3O[C@@]23C=CCN(C2CCCCC2)C(=O)C13. The summed E-state index contributed by atoms with van der Waals surface area (Å²) in [6.07, 6.45) is 12.9. The van der Waals surface area contributed by atoms with Crippen molar-refractivity contribution in [3.05, 3.63) is 54.6 Å². The number of fused-ring (bicyclic) bond motifs is 2. The minimum absolute atomic E-state index is 0.122. The Balaban J connectivity index is 1.44. The van der Waals surface area contributed by atoms with Gasteiger partial charge in [-0.3, -0.25) is 14.4 Å². The molecule has 1 N–H and O–H groups in total. The van der Waals surface area contributed by atoms with Gasteiger partial charge < -0.3 is 24.5 Å². The fraction of sp³-hybridized carbons (Fsp3) is 0.594. The highest BCUT2D eigenvalue weighted by Gasteiger charge is 2.72. The van der Waals surface area contributed by atoms with Gasteiger partial charge in [0.15, 0.2) is 0 Å². The number of hydrogen-bond acceptors (Lipinski definition) is 5. The Morgan fingerprint density at radius 2 is 1.73 bits per heavy atom. The van der Waals surface area contributed by atoms with Gasteiger partial charge in [-0.2, -0.15) is 0 Å². The van der Waals surface area contributed by atoms with Crippen molar-refractivity contribution in [2.45, 2.75) is 82.2 Å². The molecule has 0 bridgehead atoms. The van der Waals surface area contributed by atoms with Crippen LogP contribution in [0.1, 0.15) is 52.4 Å². The monoisotopic (exact) mass is 547 g/mol. The van der Waals surface area contributed by atoms with Crippen LogP contribution in [0.2, 0.25) is 0 Å². The molecule has 5 aliphatic rings. The number of amides is 3. The smallest absolute Gasteiger partial charge is 0.249 e. The number of aliphatic hydroxyl groups is 1. The number of carbonyl (C=O) groups excluding carboxylic acids is 3. The summed E-state index contributed by atoms with van der Waals surface area (Å²) in [5, 5.41) is 10.5. The molecule has 1 aliphatic carbocycles. The summed E-state index contributed by atoms with van der Waals surface area (Å²) in [4.78, 5) is 48.7. The zero-order valence-corrected chi connectivity index (χ0v) is 23.5. The fourth-order valence-corrected chi connectivity index (χ4v) is 7.87. The van der Waals surface area contributed by atoms with Gasteiger partial charge in [0.1, 0.15) is 11.6 Å². The van der Waals surface area contributed by atoms with Gasteiger partial charge in [0, 0.05) is 24.8 Å². The number of rotatable bonds is 6. The van der Waals surface area contributed by atoms with Crippen LogP contribution in [0.4, 0.5) is 5.69 Å². The van der Waals surface area contributed by atoms with E-state index < -0.39 is 35.6 Å². The van der Waals surface area contributed by atoms with Crippen molar-refractivity contribution in [1.29, 1.82) is 0 Å². The van der Waals surface area contributed by atoms with Crippen molar-refractivity contribution in [3.8, 4) is 0 Å². The van der Waals surface area contributed by atoms with Gasteiger partial charge in [0.25, 0.3) is 0 Å². The van der Waals surface area contributed by atoms with Gasteiger partial charge in [0.2, 0.25) is 17.7 Å². The molecule has 3 fully saturated rings. The predicted molar refractivity (Wildman–Crippen MR) is 151 cm³/mol.